The van der Waals surface area contributed by atoms with E-state index in [9.17, 15) is 9.59 Å². The molecule has 2 heterocycles. The van der Waals surface area contributed by atoms with Gasteiger partial charge in [0.25, 0.3) is 11.8 Å². The average molecular weight is 446 g/mol. The molecule has 7 heteroatoms. The second kappa shape index (κ2) is 9.83. The number of hydrogen-bond donors (Lipinski definition) is 1. The van der Waals surface area contributed by atoms with Crippen molar-refractivity contribution in [3.05, 3.63) is 84.2 Å². The van der Waals surface area contributed by atoms with Crippen molar-refractivity contribution in [3.8, 4) is 16.9 Å². The molecule has 0 aliphatic carbocycles. The molecule has 0 saturated carbocycles. The molecule has 0 bridgehead atoms. The smallest absolute Gasteiger partial charge is 0.257 e. The van der Waals surface area contributed by atoms with Crippen molar-refractivity contribution >= 4 is 11.8 Å². The number of likely N-dealkylation sites (N-methyl/N-ethyl adjacent to an activating group) is 1. The van der Waals surface area contributed by atoms with Crippen LogP contribution in [-0.4, -0.2) is 61.2 Å². The summed E-state index contributed by atoms with van der Waals surface area (Å²) in [5.41, 5.74) is 2.20. The Morgan fingerprint density at radius 3 is 2.70 bits per heavy atom. The predicted molar refractivity (Wildman–Crippen MR) is 125 cm³/mol. The number of benzene rings is 2. The number of ether oxygens (including phenoxy) is 2. The first kappa shape index (κ1) is 22.5. The molecule has 1 atom stereocenters. The van der Waals surface area contributed by atoms with Crippen molar-refractivity contribution in [2.75, 3.05) is 33.9 Å². The number of morpholine rings is 1. The second-order valence-corrected chi connectivity index (χ2v) is 7.97. The number of hydrogen-bond acceptors (Lipinski definition) is 5. The molecule has 4 rings (SSSR count). The van der Waals surface area contributed by atoms with Crippen LogP contribution in [0.15, 0.2) is 73.1 Å². The standard InChI is InChI=1S/C26H27N3O4/c1-27-25(31)26(16-19-7-5-8-20(15-19)21-9-6-12-28-17-21)18-29(13-14-33-26)24(30)22-10-3-4-11-23(22)32-2/h3-12,15,17H,13-14,16,18H2,1-2H3,(H,27,31)/t26-/m1/s1. The van der Waals surface area contributed by atoms with E-state index < -0.39 is 5.60 Å². The van der Waals surface area contributed by atoms with Crippen molar-refractivity contribution in [1.29, 1.82) is 0 Å². The number of amides is 2. The maximum absolute atomic E-state index is 13.3. The molecule has 1 aliphatic rings. The Labute approximate surface area is 193 Å². The number of pyridine rings is 1. The van der Waals surface area contributed by atoms with Crippen LogP contribution in [0, 0.1) is 0 Å². The highest BCUT2D eigenvalue weighted by Gasteiger charge is 2.45. The molecular formula is C26H27N3O4. The largest absolute Gasteiger partial charge is 0.496 e. The third-order valence-electron chi connectivity index (χ3n) is 5.86. The lowest BCUT2D eigenvalue weighted by atomic mass is 9.89. The van der Waals surface area contributed by atoms with Crippen molar-refractivity contribution in [3.63, 3.8) is 0 Å². The quantitative estimate of drug-likeness (QED) is 0.631. The molecule has 1 aliphatic heterocycles. The van der Waals surface area contributed by atoms with Gasteiger partial charge in [0.15, 0.2) is 5.60 Å². The Kier molecular flexibility index (Phi) is 6.70. The van der Waals surface area contributed by atoms with Crippen LogP contribution >= 0.6 is 0 Å². The van der Waals surface area contributed by atoms with Crippen molar-refractivity contribution in [2.24, 2.45) is 0 Å². The summed E-state index contributed by atoms with van der Waals surface area (Å²) in [5.74, 6) is 0.0589. The molecule has 33 heavy (non-hydrogen) atoms. The summed E-state index contributed by atoms with van der Waals surface area (Å²) in [5, 5.41) is 2.73. The average Bonchev–Trinajstić information content (AvgIpc) is 2.88. The fourth-order valence-corrected chi connectivity index (χ4v) is 4.23. The summed E-state index contributed by atoms with van der Waals surface area (Å²) >= 11 is 0. The van der Waals surface area contributed by atoms with E-state index in [2.05, 4.69) is 10.3 Å². The lowest BCUT2D eigenvalue weighted by Gasteiger charge is -2.41. The first-order chi connectivity index (χ1) is 16.1. The van der Waals surface area contributed by atoms with Gasteiger partial charge in [0.2, 0.25) is 0 Å². The molecule has 2 aromatic carbocycles. The monoisotopic (exact) mass is 445 g/mol. The number of para-hydroxylation sites is 1. The summed E-state index contributed by atoms with van der Waals surface area (Å²) in [6.07, 6.45) is 3.87. The second-order valence-electron chi connectivity index (χ2n) is 7.97. The number of aromatic nitrogens is 1. The van der Waals surface area contributed by atoms with Gasteiger partial charge in [0.05, 0.1) is 25.8 Å². The Hall–Kier alpha value is -3.71. The number of methoxy groups -OCH3 is 1. The third-order valence-corrected chi connectivity index (χ3v) is 5.86. The van der Waals surface area contributed by atoms with Crippen LogP contribution in [-0.2, 0) is 16.0 Å². The molecule has 1 N–H and O–H groups in total. The molecule has 0 unspecified atom stereocenters. The van der Waals surface area contributed by atoms with Gasteiger partial charge in [0, 0.05) is 32.4 Å². The summed E-state index contributed by atoms with van der Waals surface area (Å²) in [6, 6.07) is 18.9. The summed E-state index contributed by atoms with van der Waals surface area (Å²) in [6.45, 7) is 0.794. The number of carbonyl (C=O) groups is 2. The van der Waals surface area contributed by atoms with Crippen LogP contribution in [0.3, 0.4) is 0 Å². The topological polar surface area (TPSA) is 80.8 Å². The minimum Gasteiger partial charge on any atom is -0.496 e. The maximum atomic E-state index is 13.3. The Balaban J connectivity index is 1.63. The Morgan fingerprint density at radius 1 is 1.12 bits per heavy atom. The van der Waals surface area contributed by atoms with E-state index in [1.807, 2.05) is 42.5 Å². The molecule has 0 radical (unpaired) electrons. The van der Waals surface area contributed by atoms with Gasteiger partial charge in [-0.25, -0.2) is 0 Å². The first-order valence-electron chi connectivity index (χ1n) is 10.8. The van der Waals surface area contributed by atoms with Crippen LogP contribution < -0.4 is 10.1 Å². The molecule has 170 valence electrons. The number of carbonyl (C=O) groups excluding carboxylic acids is 2. The molecule has 2 amide bonds. The molecule has 0 spiro atoms. The van der Waals surface area contributed by atoms with Gasteiger partial charge in [-0.1, -0.05) is 42.5 Å². The highest BCUT2D eigenvalue weighted by atomic mass is 16.5. The van der Waals surface area contributed by atoms with Crippen LogP contribution in [0.25, 0.3) is 11.1 Å². The van der Waals surface area contributed by atoms with Crippen molar-refractivity contribution < 1.29 is 19.1 Å². The molecule has 1 aromatic heterocycles. The van der Waals surface area contributed by atoms with Gasteiger partial charge in [-0.2, -0.15) is 0 Å². The van der Waals surface area contributed by atoms with E-state index in [0.29, 0.717) is 24.3 Å². The van der Waals surface area contributed by atoms with Crippen LogP contribution in [0.5, 0.6) is 5.75 Å². The van der Waals surface area contributed by atoms with E-state index in [-0.39, 0.29) is 25.0 Å². The highest BCUT2D eigenvalue weighted by Crippen LogP contribution is 2.28. The van der Waals surface area contributed by atoms with E-state index in [1.165, 1.54) is 7.11 Å². The van der Waals surface area contributed by atoms with Crippen LogP contribution in [0.2, 0.25) is 0 Å². The van der Waals surface area contributed by atoms with Crippen LogP contribution in [0.1, 0.15) is 15.9 Å². The van der Waals surface area contributed by atoms with Gasteiger partial charge in [-0.05, 0) is 34.9 Å². The number of nitrogens with one attached hydrogen (secondary N) is 1. The van der Waals surface area contributed by atoms with Crippen molar-refractivity contribution in [2.45, 2.75) is 12.0 Å². The van der Waals surface area contributed by atoms with Gasteiger partial charge in [-0.15, -0.1) is 0 Å². The van der Waals surface area contributed by atoms with Gasteiger partial charge in [0.1, 0.15) is 5.75 Å². The minimum absolute atomic E-state index is 0.140. The predicted octanol–water partition coefficient (Wildman–Crippen LogP) is 2.96. The zero-order valence-corrected chi connectivity index (χ0v) is 18.8. The zero-order chi connectivity index (χ0) is 23.3. The summed E-state index contributed by atoms with van der Waals surface area (Å²) in [7, 11) is 3.12. The SMILES string of the molecule is CNC(=O)[C@@]1(Cc2cccc(-c3cccnc3)c2)CN(C(=O)c2ccccc2OC)CCO1. The van der Waals surface area contributed by atoms with E-state index in [0.717, 1.165) is 16.7 Å². The Morgan fingerprint density at radius 2 is 1.94 bits per heavy atom. The first-order valence-corrected chi connectivity index (χ1v) is 10.8. The highest BCUT2D eigenvalue weighted by molar-refractivity contribution is 5.97. The minimum atomic E-state index is -1.20. The van der Waals surface area contributed by atoms with Crippen LogP contribution in [0.4, 0.5) is 0 Å². The molecular weight excluding hydrogens is 418 g/mol. The fourth-order valence-electron chi connectivity index (χ4n) is 4.23. The molecule has 7 nitrogen and oxygen atoms in total. The molecule has 1 saturated heterocycles. The van der Waals surface area contributed by atoms with E-state index >= 15 is 0 Å². The van der Waals surface area contributed by atoms with E-state index in [1.54, 1.807) is 42.5 Å². The van der Waals surface area contributed by atoms with Gasteiger partial charge in [-0.3, -0.25) is 14.6 Å². The summed E-state index contributed by atoms with van der Waals surface area (Å²) < 4.78 is 11.5. The fraction of sp³-hybridized carbons (Fsp3) is 0.269. The van der Waals surface area contributed by atoms with Crippen molar-refractivity contribution in [1.82, 2.24) is 15.2 Å². The maximum Gasteiger partial charge on any atom is 0.257 e. The van der Waals surface area contributed by atoms with E-state index in [4.69, 9.17) is 9.47 Å². The number of nitrogens with zero attached hydrogens (tertiary/aromatic N) is 2. The lowest BCUT2D eigenvalue weighted by Crippen LogP contribution is -2.61. The number of rotatable bonds is 6. The normalized spacial score (nSPS) is 17.9. The lowest BCUT2D eigenvalue weighted by molar-refractivity contribution is -0.156. The molecule has 1 fully saturated rings. The summed E-state index contributed by atoms with van der Waals surface area (Å²) in [4.78, 5) is 32.2. The molecule has 3 aromatic rings. The van der Waals surface area contributed by atoms with Gasteiger partial charge >= 0.3 is 0 Å². The van der Waals surface area contributed by atoms with Gasteiger partial charge < -0.3 is 19.7 Å². The third kappa shape index (κ3) is 4.73. The Bertz CT molecular complexity index is 1140. The zero-order valence-electron chi connectivity index (χ0n) is 18.8.